The van der Waals surface area contributed by atoms with Crippen molar-refractivity contribution in [2.24, 2.45) is 0 Å². The first-order valence-corrected chi connectivity index (χ1v) is 5.07. The molecular formula is C8H8N4O2S. The first-order valence-electron chi connectivity index (χ1n) is 4.19. The minimum Gasteiger partial charge on any atom is -0.364 e. The minimum absolute atomic E-state index is 0.0920. The van der Waals surface area contributed by atoms with Gasteiger partial charge in [0.25, 0.3) is 5.56 Å². The quantitative estimate of drug-likeness (QED) is 0.691. The number of aromatic amines is 2. The van der Waals surface area contributed by atoms with E-state index >= 15 is 0 Å². The summed E-state index contributed by atoms with van der Waals surface area (Å²) in [7, 11) is 0. The van der Waals surface area contributed by atoms with Crippen LogP contribution in [0.15, 0.2) is 27.4 Å². The summed E-state index contributed by atoms with van der Waals surface area (Å²) in [6.07, 6.45) is 1.32. The molecule has 0 saturated carbocycles. The number of hydrogen-bond donors (Lipinski definition) is 3. The van der Waals surface area contributed by atoms with Crippen molar-refractivity contribution < 1.29 is 0 Å². The normalized spacial score (nSPS) is 10.1. The summed E-state index contributed by atoms with van der Waals surface area (Å²) < 4.78 is 0. The van der Waals surface area contributed by atoms with Crippen LogP contribution in [0.25, 0.3) is 0 Å². The summed E-state index contributed by atoms with van der Waals surface area (Å²) in [5.74, 6) is 0.478. The fraction of sp³-hybridized carbons (Fsp3) is 0.125. The molecule has 2 aromatic heterocycles. The smallest absolute Gasteiger partial charge is 0.304 e. The molecule has 0 unspecified atom stereocenters. The van der Waals surface area contributed by atoms with Crippen LogP contribution in [0.4, 0.5) is 5.82 Å². The van der Waals surface area contributed by atoms with E-state index < -0.39 is 0 Å². The SMILES string of the molecule is O=c1cc(NCc2csc(=O)[nH]2)nc[nH]1. The van der Waals surface area contributed by atoms with Crippen LogP contribution < -0.4 is 15.7 Å². The van der Waals surface area contributed by atoms with E-state index in [9.17, 15) is 9.59 Å². The monoisotopic (exact) mass is 224 g/mol. The van der Waals surface area contributed by atoms with Crippen LogP contribution in [0.2, 0.25) is 0 Å². The molecule has 2 aromatic rings. The summed E-state index contributed by atoms with van der Waals surface area (Å²) in [5, 5.41) is 4.65. The zero-order chi connectivity index (χ0) is 10.7. The molecule has 3 N–H and O–H groups in total. The van der Waals surface area contributed by atoms with E-state index in [1.807, 2.05) is 0 Å². The number of rotatable bonds is 3. The van der Waals surface area contributed by atoms with Gasteiger partial charge in [-0.2, -0.15) is 0 Å². The van der Waals surface area contributed by atoms with Crippen LogP contribution in [-0.4, -0.2) is 15.0 Å². The standard InChI is InChI=1S/C8H8N4O2S/c13-7-1-6(10-4-11-7)9-2-5-3-15-8(14)12-5/h1,3-4H,2H2,(H,12,14)(H2,9,10,11,13). The molecule has 0 aromatic carbocycles. The van der Waals surface area contributed by atoms with Gasteiger partial charge in [0.15, 0.2) is 0 Å². The first kappa shape index (κ1) is 9.66. The lowest BCUT2D eigenvalue weighted by molar-refractivity contribution is 1.02. The number of aromatic nitrogens is 3. The highest BCUT2D eigenvalue weighted by Gasteiger charge is 1.97. The molecule has 15 heavy (non-hydrogen) atoms. The van der Waals surface area contributed by atoms with E-state index in [1.165, 1.54) is 12.4 Å². The molecule has 0 aliphatic rings. The van der Waals surface area contributed by atoms with Crippen LogP contribution >= 0.6 is 11.3 Å². The van der Waals surface area contributed by atoms with Gasteiger partial charge in [0.05, 0.1) is 12.9 Å². The Hall–Kier alpha value is -1.89. The molecule has 0 amide bonds. The highest BCUT2D eigenvalue weighted by Crippen LogP contribution is 2.00. The molecule has 0 saturated heterocycles. The third kappa shape index (κ3) is 2.53. The predicted molar refractivity (Wildman–Crippen MR) is 57.1 cm³/mol. The van der Waals surface area contributed by atoms with Gasteiger partial charge in [-0.3, -0.25) is 9.59 Å². The van der Waals surface area contributed by atoms with Crippen molar-refractivity contribution in [1.29, 1.82) is 0 Å². The van der Waals surface area contributed by atoms with Gasteiger partial charge in [-0.15, -0.1) is 0 Å². The van der Waals surface area contributed by atoms with Crippen molar-refractivity contribution in [2.75, 3.05) is 5.32 Å². The van der Waals surface area contributed by atoms with Gasteiger partial charge < -0.3 is 15.3 Å². The summed E-state index contributed by atoms with van der Waals surface area (Å²) in [6, 6.07) is 1.35. The Morgan fingerprint density at radius 2 is 2.33 bits per heavy atom. The Labute approximate surface area is 88.0 Å². The number of anilines is 1. The molecule has 0 bridgehead atoms. The maximum atomic E-state index is 10.9. The van der Waals surface area contributed by atoms with Gasteiger partial charge in [0, 0.05) is 17.1 Å². The number of nitrogens with one attached hydrogen (secondary N) is 3. The van der Waals surface area contributed by atoms with Crippen molar-refractivity contribution in [3.8, 4) is 0 Å². The first-order chi connectivity index (χ1) is 7.24. The predicted octanol–water partition coefficient (Wildman–Crippen LogP) is 0.132. The van der Waals surface area contributed by atoms with Crippen molar-refractivity contribution in [1.82, 2.24) is 15.0 Å². The van der Waals surface area contributed by atoms with E-state index in [1.54, 1.807) is 5.38 Å². The van der Waals surface area contributed by atoms with Crippen molar-refractivity contribution >= 4 is 17.2 Å². The Morgan fingerprint density at radius 3 is 3.00 bits per heavy atom. The van der Waals surface area contributed by atoms with Crippen molar-refractivity contribution in [3.63, 3.8) is 0 Å². The molecule has 0 fully saturated rings. The van der Waals surface area contributed by atoms with Crippen molar-refractivity contribution in [3.05, 3.63) is 43.5 Å². The molecule has 0 aliphatic heterocycles. The zero-order valence-electron chi connectivity index (χ0n) is 7.61. The second kappa shape index (κ2) is 4.09. The Balaban J connectivity index is 2.05. The number of hydrogen-bond acceptors (Lipinski definition) is 5. The fourth-order valence-corrected chi connectivity index (χ4v) is 1.63. The van der Waals surface area contributed by atoms with Crippen LogP contribution in [0.1, 0.15) is 5.69 Å². The number of nitrogens with zero attached hydrogens (tertiary/aromatic N) is 1. The highest BCUT2D eigenvalue weighted by atomic mass is 32.1. The Bertz CT molecular complexity index is 556. The molecule has 0 radical (unpaired) electrons. The third-order valence-electron chi connectivity index (χ3n) is 1.71. The Kier molecular flexibility index (Phi) is 2.64. The van der Waals surface area contributed by atoms with E-state index in [2.05, 4.69) is 20.3 Å². The molecule has 6 nitrogen and oxygen atoms in total. The lowest BCUT2D eigenvalue weighted by Crippen LogP contribution is -2.09. The summed E-state index contributed by atoms with van der Waals surface area (Å²) in [4.78, 5) is 30.6. The highest BCUT2D eigenvalue weighted by molar-refractivity contribution is 7.07. The molecule has 2 rings (SSSR count). The third-order valence-corrected chi connectivity index (χ3v) is 2.43. The molecular weight excluding hydrogens is 216 g/mol. The van der Waals surface area contributed by atoms with E-state index in [0.717, 1.165) is 17.0 Å². The Morgan fingerprint density at radius 1 is 1.47 bits per heavy atom. The van der Waals surface area contributed by atoms with Crippen LogP contribution in [-0.2, 0) is 6.54 Å². The van der Waals surface area contributed by atoms with Gasteiger partial charge >= 0.3 is 4.87 Å². The van der Waals surface area contributed by atoms with Crippen LogP contribution in [0.5, 0.6) is 0 Å². The average molecular weight is 224 g/mol. The largest absolute Gasteiger partial charge is 0.364 e. The maximum absolute atomic E-state index is 10.9. The van der Waals surface area contributed by atoms with Gasteiger partial charge in [0.2, 0.25) is 0 Å². The lowest BCUT2D eigenvalue weighted by Gasteiger charge is -2.01. The summed E-state index contributed by atoms with van der Waals surface area (Å²) in [5.41, 5.74) is 0.554. The van der Waals surface area contributed by atoms with Gasteiger partial charge in [-0.1, -0.05) is 11.3 Å². The zero-order valence-corrected chi connectivity index (χ0v) is 8.43. The fourth-order valence-electron chi connectivity index (χ4n) is 1.05. The van der Waals surface area contributed by atoms with Crippen molar-refractivity contribution in [2.45, 2.75) is 6.54 Å². The van der Waals surface area contributed by atoms with Gasteiger partial charge in [0.1, 0.15) is 5.82 Å². The molecule has 78 valence electrons. The summed E-state index contributed by atoms with van der Waals surface area (Å²) in [6.45, 7) is 0.440. The topological polar surface area (TPSA) is 90.6 Å². The number of H-pyrrole nitrogens is 2. The van der Waals surface area contributed by atoms with E-state index in [-0.39, 0.29) is 10.4 Å². The van der Waals surface area contributed by atoms with Gasteiger partial charge in [-0.05, 0) is 0 Å². The molecule has 0 spiro atoms. The molecule has 2 heterocycles. The van der Waals surface area contributed by atoms with Crippen LogP contribution in [0.3, 0.4) is 0 Å². The summed E-state index contributed by atoms with van der Waals surface area (Å²) >= 11 is 1.10. The van der Waals surface area contributed by atoms with E-state index in [4.69, 9.17) is 0 Å². The second-order valence-corrected chi connectivity index (χ2v) is 3.67. The van der Waals surface area contributed by atoms with Gasteiger partial charge in [-0.25, -0.2) is 4.98 Å². The maximum Gasteiger partial charge on any atom is 0.304 e. The lowest BCUT2D eigenvalue weighted by atomic mass is 10.4. The van der Waals surface area contributed by atoms with E-state index in [0.29, 0.717) is 12.4 Å². The van der Waals surface area contributed by atoms with Crippen LogP contribution in [0, 0.1) is 0 Å². The number of thiazole rings is 1. The second-order valence-electron chi connectivity index (χ2n) is 2.82. The minimum atomic E-state index is -0.216. The molecule has 7 heteroatoms. The average Bonchev–Trinajstić information content (AvgIpc) is 2.62. The molecule has 0 atom stereocenters. The molecule has 0 aliphatic carbocycles.